The summed E-state index contributed by atoms with van der Waals surface area (Å²) in [6.07, 6.45) is 65.4. The second-order valence-corrected chi connectivity index (χ2v) is 23.3. The van der Waals surface area contributed by atoms with Crippen LogP contribution in [0.2, 0.25) is 0 Å². The molecule has 71 heavy (non-hydrogen) atoms. The SMILES string of the molecule is CCCCCCCCCCCCCCCCCCCCCCCCCCCCCCCCC(=O)O[C@H](COCCCCCCCCCCCCCCCCCCCCCC)COP(=O)(O)OC[C@@H](O)CO. The Morgan fingerprint density at radius 3 is 0.915 bits per heavy atom. The van der Waals surface area contributed by atoms with Crippen LogP contribution >= 0.6 is 7.82 Å². The van der Waals surface area contributed by atoms with E-state index in [1.54, 1.807) is 0 Å². The highest BCUT2D eigenvalue weighted by Gasteiger charge is 2.26. The minimum atomic E-state index is -4.52. The van der Waals surface area contributed by atoms with Crippen molar-refractivity contribution in [2.24, 2.45) is 0 Å². The molecule has 0 saturated carbocycles. The maximum Gasteiger partial charge on any atom is 0.472 e. The van der Waals surface area contributed by atoms with E-state index < -0.39 is 33.2 Å². The largest absolute Gasteiger partial charge is 0.472 e. The van der Waals surface area contributed by atoms with E-state index >= 15 is 0 Å². The number of phosphoric acid groups is 1. The molecule has 10 heteroatoms. The van der Waals surface area contributed by atoms with Gasteiger partial charge in [0.2, 0.25) is 0 Å². The van der Waals surface area contributed by atoms with E-state index in [2.05, 4.69) is 13.8 Å². The van der Waals surface area contributed by atoms with Crippen LogP contribution < -0.4 is 0 Å². The van der Waals surface area contributed by atoms with E-state index in [0.717, 1.165) is 32.1 Å². The summed E-state index contributed by atoms with van der Waals surface area (Å²) in [6, 6.07) is 0. The predicted molar refractivity (Wildman–Crippen MR) is 302 cm³/mol. The molecule has 0 aliphatic carbocycles. The molecule has 0 aliphatic heterocycles. The summed E-state index contributed by atoms with van der Waals surface area (Å²) in [4.78, 5) is 22.8. The number of hydrogen-bond donors (Lipinski definition) is 3. The average molecular weight is 1030 g/mol. The first-order valence-corrected chi connectivity index (χ1v) is 33.0. The smallest absolute Gasteiger partial charge is 0.457 e. The first kappa shape index (κ1) is 70.5. The van der Waals surface area contributed by atoms with Crippen molar-refractivity contribution in [2.45, 2.75) is 354 Å². The summed E-state index contributed by atoms with van der Waals surface area (Å²) in [5.41, 5.74) is 0. The molecule has 426 valence electrons. The molecule has 0 aliphatic rings. The Labute approximate surface area is 441 Å². The van der Waals surface area contributed by atoms with Gasteiger partial charge in [0.1, 0.15) is 12.2 Å². The number of phosphoric ester groups is 1. The molecule has 0 radical (unpaired) electrons. The van der Waals surface area contributed by atoms with Gasteiger partial charge in [-0.25, -0.2) is 4.57 Å². The molecule has 0 heterocycles. The fourth-order valence-electron chi connectivity index (χ4n) is 9.77. The van der Waals surface area contributed by atoms with Crippen LogP contribution in [-0.4, -0.2) is 66.3 Å². The Morgan fingerprint density at radius 1 is 0.380 bits per heavy atom. The molecular formula is C61H123O9P. The highest BCUT2D eigenvalue weighted by molar-refractivity contribution is 7.47. The first-order valence-electron chi connectivity index (χ1n) is 31.5. The number of aliphatic hydroxyl groups excluding tert-OH is 2. The summed E-state index contributed by atoms with van der Waals surface area (Å²) in [6.45, 7) is 3.63. The lowest BCUT2D eigenvalue weighted by Crippen LogP contribution is -2.29. The van der Waals surface area contributed by atoms with Crippen LogP contribution in [0.3, 0.4) is 0 Å². The standard InChI is InChI=1S/C61H123O9P/c1-3-5-7-9-11-13-15-17-19-21-23-25-26-27-28-29-30-31-32-33-34-35-37-39-41-43-45-47-49-51-53-61(64)70-60(58-69-71(65,66)68-56-59(63)55-62)57-67-54-52-50-48-46-44-42-40-38-36-24-22-20-18-16-14-12-10-8-6-4-2/h59-60,62-63H,3-58H2,1-2H3,(H,65,66)/t59-,60+/m0/s1. The quantitative estimate of drug-likeness (QED) is 0.0309. The Hall–Kier alpha value is -0.540. The Kier molecular flexibility index (Phi) is 58.3. The number of ether oxygens (including phenoxy) is 2. The lowest BCUT2D eigenvalue weighted by atomic mass is 10.0. The van der Waals surface area contributed by atoms with Gasteiger partial charge >= 0.3 is 13.8 Å². The van der Waals surface area contributed by atoms with Gasteiger partial charge in [-0.3, -0.25) is 13.8 Å². The summed E-state index contributed by atoms with van der Waals surface area (Å²) in [5, 5.41) is 18.5. The van der Waals surface area contributed by atoms with Crippen LogP contribution in [-0.2, 0) is 27.9 Å². The molecule has 0 rings (SSSR count). The minimum absolute atomic E-state index is 0.0593. The molecule has 3 atom stereocenters. The highest BCUT2D eigenvalue weighted by atomic mass is 31.2. The van der Waals surface area contributed by atoms with Gasteiger partial charge in [-0.15, -0.1) is 0 Å². The molecule has 0 bridgehead atoms. The van der Waals surface area contributed by atoms with Crippen molar-refractivity contribution in [1.82, 2.24) is 0 Å². The van der Waals surface area contributed by atoms with Gasteiger partial charge in [-0.05, 0) is 12.8 Å². The van der Waals surface area contributed by atoms with Crippen molar-refractivity contribution in [3.8, 4) is 0 Å². The fraction of sp³-hybridized carbons (Fsp3) is 0.984. The van der Waals surface area contributed by atoms with Crippen molar-refractivity contribution in [1.29, 1.82) is 0 Å². The summed E-state index contributed by atoms with van der Waals surface area (Å²) in [7, 11) is -4.52. The number of hydrogen-bond acceptors (Lipinski definition) is 8. The molecule has 1 unspecified atom stereocenters. The molecule has 0 amide bonds. The van der Waals surface area contributed by atoms with Crippen LogP contribution in [0.25, 0.3) is 0 Å². The van der Waals surface area contributed by atoms with E-state index in [1.807, 2.05) is 0 Å². The van der Waals surface area contributed by atoms with Gasteiger partial charge in [0.25, 0.3) is 0 Å². The number of rotatable bonds is 62. The molecule has 9 nitrogen and oxygen atoms in total. The van der Waals surface area contributed by atoms with Crippen molar-refractivity contribution < 1.29 is 43.0 Å². The topological polar surface area (TPSA) is 132 Å². The van der Waals surface area contributed by atoms with Crippen LogP contribution in [0.15, 0.2) is 0 Å². The third-order valence-corrected chi connectivity index (χ3v) is 15.5. The normalized spacial score (nSPS) is 13.5. The Morgan fingerprint density at radius 2 is 0.634 bits per heavy atom. The van der Waals surface area contributed by atoms with Gasteiger partial charge in [-0.1, -0.05) is 322 Å². The van der Waals surface area contributed by atoms with Crippen molar-refractivity contribution in [2.75, 3.05) is 33.0 Å². The van der Waals surface area contributed by atoms with E-state index in [0.29, 0.717) is 6.61 Å². The zero-order valence-electron chi connectivity index (χ0n) is 47.5. The van der Waals surface area contributed by atoms with Crippen LogP contribution in [0, 0.1) is 0 Å². The van der Waals surface area contributed by atoms with Gasteiger partial charge in [-0.2, -0.15) is 0 Å². The molecular weight excluding hydrogens is 908 g/mol. The van der Waals surface area contributed by atoms with Crippen molar-refractivity contribution >= 4 is 13.8 Å². The zero-order valence-corrected chi connectivity index (χ0v) is 48.4. The minimum Gasteiger partial charge on any atom is -0.457 e. The fourth-order valence-corrected chi connectivity index (χ4v) is 10.6. The molecule has 3 N–H and O–H groups in total. The molecule has 0 aromatic rings. The summed E-state index contributed by atoms with van der Waals surface area (Å²) in [5.74, 6) is -0.370. The van der Waals surface area contributed by atoms with E-state index in [1.165, 1.54) is 289 Å². The van der Waals surface area contributed by atoms with Crippen molar-refractivity contribution in [3.63, 3.8) is 0 Å². The molecule has 0 spiro atoms. The van der Waals surface area contributed by atoms with E-state index in [4.69, 9.17) is 23.6 Å². The summed E-state index contributed by atoms with van der Waals surface area (Å²) < 4.78 is 33.7. The Bertz CT molecular complexity index is 1080. The highest BCUT2D eigenvalue weighted by Crippen LogP contribution is 2.43. The first-order chi connectivity index (χ1) is 34.8. The van der Waals surface area contributed by atoms with Crippen LogP contribution in [0.1, 0.15) is 341 Å². The number of carbonyl (C=O) groups excluding carboxylic acids is 1. The van der Waals surface area contributed by atoms with Gasteiger partial charge in [0, 0.05) is 13.0 Å². The molecule has 0 aromatic carbocycles. The predicted octanol–water partition coefficient (Wildman–Crippen LogP) is 19.3. The third kappa shape index (κ3) is 58.6. The average Bonchev–Trinajstić information content (AvgIpc) is 3.36. The number of aliphatic hydroxyl groups is 2. The maximum atomic E-state index is 12.8. The zero-order chi connectivity index (χ0) is 51.7. The number of unbranched alkanes of at least 4 members (excludes halogenated alkanes) is 48. The van der Waals surface area contributed by atoms with Crippen LogP contribution in [0.4, 0.5) is 0 Å². The lowest BCUT2D eigenvalue weighted by molar-refractivity contribution is -0.154. The number of carbonyl (C=O) groups is 1. The second kappa shape index (κ2) is 58.7. The van der Waals surface area contributed by atoms with E-state index in [9.17, 15) is 19.4 Å². The third-order valence-electron chi connectivity index (χ3n) is 14.5. The van der Waals surface area contributed by atoms with E-state index in [-0.39, 0.29) is 25.6 Å². The van der Waals surface area contributed by atoms with Gasteiger partial charge in [0.05, 0.1) is 26.4 Å². The Balaban J connectivity index is 3.86. The molecule has 0 saturated heterocycles. The summed E-state index contributed by atoms with van der Waals surface area (Å²) >= 11 is 0. The monoisotopic (exact) mass is 1030 g/mol. The van der Waals surface area contributed by atoms with Gasteiger partial charge < -0.3 is 24.6 Å². The maximum absolute atomic E-state index is 12.8. The van der Waals surface area contributed by atoms with Crippen LogP contribution in [0.5, 0.6) is 0 Å². The molecule has 0 aromatic heterocycles. The lowest BCUT2D eigenvalue weighted by Gasteiger charge is -2.20. The van der Waals surface area contributed by atoms with Crippen molar-refractivity contribution in [3.05, 3.63) is 0 Å². The number of esters is 1. The molecule has 0 fully saturated rings. The van der Waals surface area contributed by atoms with Gasteiger partial charge in [0.15, 0.2) is 0 Å². The second-order valence-electron chi connectivity index (χ2n) is 21.8.